The molecule has 1 aliphatic rings. The normalized spacial score (nSPS) is 12.5. The van der Waals surface area contributed by atoms with Crippen LogP contribution >= 0.6 is 12.2 Å². The fraction of sp³-hybridized carbons (Fsp3) is 0.294. The second-order valence-electron chi connectivity index (χ2n) is 5.50. The number of aryl methyl sites for hydroxylation is 2. The molecule has 0 saturated carbocycles. The molecule has 0 bridgehead atoms. The molecule has 0 radical (unpaired) electrons. The van der Waals surface area contributed by atoms with Crippen LogP contribution in [0.2, 0.25) is 0 Å². The molecule has 2 aromatic rings. The standard InChI is InChI=1S/C17H19N3O2S/c21-16(18-10-15-5-2-8-22-15)11-19-17(23)20-14-7-6-12-3-1-4-13(12)9-14/h2,5-9H,1,3-4,10-11H2,(H,18,21)(H2,19,20,23). The molecule has 0 atom stereocenters. The number of thiocarbonyl (C=S) groups is 1. The monoisotopic (exact) mass is 329 g/mol. The first-order valence-electron chi connectivity index (χ1n) is 7.66. The molecule has 0 saturated heterocycles. The van der Waals surface area contributed by atoms with Crippen LogP contribution in [0.25, 0.3) is 0 Å². The van der Waals surface area contributed by atoms with E-state index in [4.69, 9.17) is 16.6 Å². The minimum absolute atomic E-state index is 0.123. The molecule has 5 nitrogen and oxygen atoms in total. The molecule has 3 rings (SSSR count). The van der Waals surface area contributed by atoms with Gasteiger partial charge in [-0.2, -0.15) is 0 Å². The number of carbonyl (C=O) groups excluding carboxylic acids is 1. The van der Waals surface area contributed by atoms with Gasteiger partial charge < -0.3 is 20.4 Å². The number of benzene rings is 1. The van der Waals surface area contributed by atoms with Crippen LogP contribution in [0.1, 0.15) is 23.3 Å². The topological polar surface area (TPSA) is 66.3 Å². The summed E-state index contributed by atoms with van der Waals surface area (Å²) >= 11 is 5.23. The van der Waals surface area contributed by atoms with Crippen LogP contribution in [0.5, 0.6) is 0 Å². The van der Waals surface area contributed by atoms with E-state index in [-0.39, 0.29) is 12.5 Å². The largest absolute Gasteiger partial charge is 0.467 e. The molecule has 0 unspecified atom stereocenters. The molecule has 1 aromatic heterocycles. The molecule has 1 aromatic carbocycles. The van der Waals surface area contributed by atoms with E-state index in [9.17, 15) is 4.79 Å². The lowest BCUT2D eigenvalue weighted by Crippen LogP contribution is -2.38. The number of amides is 1. The molecule has 0 fully saturated rings. The summed E-state index contributed by atoms with van der Waals surface area (Å²) in [4.78, 5) is 11.7. The third kappa shape index (κ3) is 4.32. The van der Waals surface area contributed by atoms with Gasteiger partial charge in [0.1, 0.15) is 5.76 Å². The maximum Gasteiger partial charge on any atom is 0.239 e. The molecular formula is C17H19N3O2S. The third-order valence-electron chi connectivity index (χ3n) is 3.81. The van der Waals surface area contributed by atoms with Gasteiger partial charge in [0.2, 0.25) is 5.91 Å². The Morgan fingerprint density at radius 1 is 1.17 bits per heavy atom. The van der Waals surface area contributed by atoms with Crippen LogP contribution < -0.4 is 16.0 Å². The molecule has 1 aliphatic carbocycles. The van der Waals surface area contributed by atoms with E-state index in [2.05, 4.69) is 28.1 Å². The number of rotatable bonds is 5. The summed E-state index contributed by atoms with van der Waals surface area (Å²) in [5.41, 5.74) is 3.76. The van der Waals surface area contributed by atoms with Crippen molar-refractivity contribution in [1.29, 1.82) is 0 Å². The Kier molecular flexibility index (Phi) is 4.92. The summed E-state index contributed by atoms with van der Waals surface area (Å²) in [5, 5.41) is 9.22. The van der Waals surface area contributed by atoms with Crippen molar-refractivity contribution in [3.8, 4) is 0 Å². The Balaban J connectivity index is 1.41. The zero-order valence-corrected chi connectivity index (χ0v) is 13.5. The Hall–Kier alpha value is -2.34. The number of hydrogen-bond donors (Lipinski definition) is 3. The van der Waals surface area contributed by atoms with Gasteiger partial charge in [-0.3, -0.25) is 4.79 Å². The first-order chi connectivity index (χ1) is 11.2. The van der Waals surface area contributed by atoms with Gasteiger partial charge >= 0.3 is 0 Å². The van der Waals surface area contributed by atoms with Crippen molar-refractivity contribution in [3.63, 3.8) is 0 Å². The highest BCUT2D eigenvalue weighted by Crippen LogP contribution is 2.24. The number of carbonyl (C=O) groups is 1. The van der Waals surface area contributed by atoms with Crippen molar-refractivity contribution in [3.05, 3.63) is 53.5 Å². The fourth-order valence-corrected chi connectivity index (χ4v) is 2.84. The predicted octanol–water partition coefficient (Wildman–Crippen LogP) is 2.37. The van der Waals surface area contributed by atoms with Crippen LogP contribution in [0, 0.1) is 0 Å². The van der Waals surface area contributed by atoms with Crippen molar-refractivity contribution in [2.75, 3.05) is 11.9 Å². The second kappa shape index (κ2) is 7.28. The van der Waals surface area contributed by atoms with Crippen LogP contribution in [0.15, 0.2) is 41.0 Å². The van der Waals surface area contributed by atoms with Crippen molar-refractivity contribution in [2.45, 2.75) is 25.8 Å². The molecule has 1 amide bonds. The fourth-order valence-electron chi connectivity index (χ4n) is 2.65. The first kappa shape index (κ1) is 15.6. The molecule has 120 valence electrons. The summed E-state index contributed by atoms with van der Waals surface area (Å²) in [6.45, 7) is 0.496. The highest BCUT2D eigenvalue weighted by molar-refractivity contribution is 7.80. The second-order valence-corrected chi connectivity index (χ2v) is 5.91. The molecule has 0 spiro atoms. The van der Waals surface area contributed by atoms with Crippen molar-refractivity contribution in [2.24, 2.45) is 0 Å². The van der Waals surface area contributed by atoms with E-state index >= 15 is 0 Å². The van der Waals surface area contributed by atoms with E-state index < -0.39 is 0 Å². The van der Waals surface area contributed by atoms with Gasteiger partial charge in [0.15, 0.2) is 5.11 Å². The van der Waals surface area contributed by atoms with Gasteiger partial charge in [-0.1, -0.05) is 6.07 Å². The van der Waals surface area contributed by atoms with E-state index in [1.165, 1.54) is 17.5 Å². The number of furan rings is 1. The predicted molar refractivity (Wildman–Crippen MR) is 93.2 cm³/mol. The highest BCUT2D eigenvalue weighted by Gasteiger charge is 2.11. The SMILES string of the molecule is O=C(CNC(=S)Nc1ccc2c(c1)CCC2)NCc1ccco1. The Morgan fingerprint density at radius 3 is 2.87 bits per heavy atom. The lowest BCUT2D eigenvalue weighted by Gasteiger charge is -2.11. The zero-order chi connectivity index (χ0) is 16.1. The number of anilines is 1. The van der Waals surface area contributed by atoms with E-state index in [0.29, 0.717) is 11.7 Å². The number of hydrogen-bond acceptors (Lipinski definition) is 3. The van der Waals surface area contributed by atoms with Gasteiger partial charge in [-0.25, -0.2) is 0 Å². The van der Waals surface area contributed by atoms with Gasteiger partial charge in [-0.15, -0.1) is 0 Å². The summed E-state index contributed by atoms with van der Waals surface area (Å²) in [7, 11) is 0. The van der Waals surface area contributed by atoms with Crippen molar-refractivity contribution >= 4 is 28.9 Å². The lowest BCUT2D eigenvalue weighted by molar-refractivity contribution is -0.120. The Morgan fingerprint density at radius 2 is 2.04 bits per heavy atom. The molecule has 3 N–H and O–H groups in total. The number of nitrogens with one attached hydrogen (secondary N) is 3. The van der Waals surface area contributed by atoms with Crippen molar-refractivity contribution in [1.82, 2.24) is 10.6 Å². The van der Waals surface area contributed by atoms with Crippen LogP contribution in [-0.4, -0.2) is 17.6 Å². The van der Waals surface area contributed by atoms with Crippen LogP contribution in [0.4, 0.5) is 5.69 Å². The minimum atomic E-state index is -0.139. The van der Waals surface area contributed by atoms with E-state index in [1.807, 2.05) is 12.1 Å². The highest BCUT2D eigenvalue weighted by atomic mass is 32.1. The van der Waals surface area contributed by atoms with Gasteiger partial charge in [-0.05, 0) is 66.9 Å². The summed E-state index contributed by atoms with van der Waals surface area (Å²) in [6.07, 6.45) is 5.08. The Bertz CT molecular complexity index is 698. The lowest BCUT2D eigenvalue weighted by atomic mass is 10.1. The molecular weight excluding hydrogens is 310 g/mol. The summed E-state index contributed by atoms with van der Waals surface area (Å²) in [5.74, 6) is 0.580. The first-order valence-corrected chi connectivity index (χ1v) is 8.07. The molecule has 23 heavy (non-hydrogen) atoms. The average molecular weight is 329 g/mol. The quantitative estimate of drug-likeness (QED) is 0.735. The Labute approximate surface area is 140 Å². The van der Waals surface area contributed by atoms with Gasteiger partial charge in [0.25, 0.3) is 0 Å². The minimum Gasteiger partial charge on any atom is -0.467 e. The molecule has 0 aliphatic heterocycles. The van der Waals surface area contributed by atoms with Crippen molar-refractivity contribution < 1.29 is 9.21 Å². The van der Waals surface area contributed by atoms with Crippen LogP contribution in [-0.2, 0) is 24.2 Å². The van der Waals surface area contributed by atoms with E-state index in [0.717, 1.165) is 24.3 Å². The molecule has 6 heteroatoms. The van der Waals surface area contributed by atoms with Gasteiger partial charge in [0.05, 0.1) is 19.4 Å². The van der Waals surface area contributed by atoms with E-state index in [1.54, 1.807) is 12.3 Å². The third-order valence-corrected chi connectivity index (χ3v) is 4.05. The summed E-state index contributed by atoms with van der Waals surface area (Å²) < 4.78 is 5.15. The van der Waals surface area contributed by atoms with Crippen LogP contribution in [0.3, 0.4) is 0 Å². The van der Waals surface area contributed by atoms with Gasteiger partial charge in [0, 0.05) is 5.69 Å². The molecule has 1 heterocycles. The average Bonchev–Trinajstić information content (AvgIpc) is 3.21. The maximum absolute atomic E-state index is 11.7. The zero-order valence-electron chi connectivity index (χ0n) is 12.7. The summed E-state index contributed by atoms with van der Waals surface area (Å²) in [6, 6.07) is 9.90. The maximum atomic E-state index is 11.7. The number of fused-ring (bicyclic) bond motifs is 1. The smallest absolute Gasteiger partial charge is 0.239 e.